The Balaban J connectivity index is 1.62. The van der Waals surface area contributed by atoms with Crippen molar-refractivity contribution in [2.45, 2.75) is 37.5 Å². The van der Waals surface area contributed by atoms with E-state index in [2.05, 4.69) is 10.3 Å². The van der Waals surface area contributed by atoms with Gasteiger partial charge in [-0.15, -0.1) is 0 Å². The van der Waals surface area contributed by atoms with Crippen LogP contribution in [0.4, 0.5) is 0 Å². The number of nitrogens with zero attached hydrogens (tertiary/aromatic N) is 2. The van der Waals surface area contributed by atoms with Crippen LogP contribution < -0.4 is 15.6 Å². The second kappa shape index (κ2) is 7.74. The molecule has 1 aliphatic rings. The number of carbonyl (C=O) groups excluding carboxylic acids is 1. The number of fused-ring (bicyclic) bond motifs is 1. The Kier molecular flexibility index (Phi) is 5.43. The van der Waals surface area contributed by atoms with Gasteiger partial charge in [0.05, 0.1) is 13.2 Å². The highest BCUT2D eigenvalue weighted by Crippen LogP contribution is 2.32. The quantitative estimate of drug-likeness (QED) is 0.800. The topological polar surface area (TPSA) is 73.2 Å². The predicted molar refractivity (Wildman–Crippen MR) is 97.1 cm³/mol. The van der Waals surface area contributed by atoms with Crippen LogP contribution in [0.1, 0.15) is 30.6 Å². The number of aromatic nitrogens is 2. The number of aryl methyl sites for hydroxylation is 1. The van der Waals surface area contributed by atoms with Crippen molar-refractivity contribution in [3.63, 3.8) is 0 Å². The van der Waals surface area contributed by atoms with Gasteiger partial charge >= 0.3 is 0 Å². The number of amides is 1. The smallest absolute Gasteiger partial charge is 0.254 e. The lowest BCUT2D eigenvalue weighted by molar-refractivity contribution is -0.121. The standard InChI is InChI=1S/C18H21N3O3S/c1-3-13-8-17(23)21-14(11-25-18(21)20-13)9-16(22)19-10-12-5-4-6-15(7-12)24-2/h4-8,14H,3,9-11H2,1-2H3,(H,19,22). The molecule has 25 heavy (non-hydrogen) atoms. The van der Waals surface area contributed by atoms with E-state index in [9.17, 15) is 9.59 Å². The van der Waals surface area contributed by atoms with Crippen molar-refractivity contribution in [3.8, 4) is 5.75 Å². The maximum atomic E-state index is 12.3. The van der Waals surface area contributed by atoms with Crippen molar-refractivity contribution < 1.29 is 9.53 Å². The second-order valence-electron chi connectivity index (χ2n) is 5.89. The molecule has 1 atom stereocenters. The maximum absolute atomic E-state index is 12.3. The van der Waals surface area contributed by atoms with Crippen molar-refractivity contribution in [2.24, 2.45) is 0 Å². The molecule has 0 fully saturated rings. The van der Waals surface area contributed by atoms with Crippen LogP contribution in [0.15, 0.2) is 40.3 Å². The highest BCUT2D eigenvalue weighted by molar-refractivity contribution is 7.99. The molecule has 2 heterocycles. The molecule has 1 unspecified atom stereocenters. The minimum absolute atomic E-state index is 0.0718. The number of carbonyl (C=O) groups is 1. The maximum Gasteiger partial charge on any atom is 0.254 e. The molecular weight excluding hydrogens is 338 g/mol. The normalized spacial score (nSPS) is 15.7. The summed E-state index contributed by atoms with van der Waals surface area (Å²) in [5.41, 5.74) is 1.70. The molecule has 6 nitrogen and oxygen atoms in total. The molecule has 0 aliphatic carbocycles. The van der Waals surface area contributed by atoms with E-state index in [1.165, 1.54) is 11.8 Å². The summed E-state index contributed by atoms with van der Waals surface area (Å²) in [4.78, 5) is 29.1. The first-order valence-electron chi connectivity index (χ1n) is 8.25. The van der Waals surface area contributed by atoms with Gasteiger partial charge in [-0.3, -0.25) is 14.2 Å². The summed E-state index contributed by atoms with van der Waals surface area (Å²) in [5.74, 6) is 1.38. The predicted octanol–water partition coefficient (Wildman–Crippen LogP) is 2.17. The largest absolute Gasteiger partial charge is 0.497 e. The molecule has 0 spiro atoms. The Morgan fingerprint density at radius 3 is 3.04 bits per heavy atom. The lowest BCUT2D eigenvalue weighted by Crippen LogP contribution is -2.30. The third-order valence-corrected chi connectivity index (χ3v) is 5.25. The van der Waals surface area contributed by atoms with Gasteiger partial charge in [0.25, 0.3) is 5.56 Å². The van der Waals surface area contributed by atoms with Gasteiger partial charge < -0.3 is 10.1 Å². The molecule has 7 heteroatoms. The van der Waals surface area contributed by atoms with Crippen molar-refractivity contribution >= 4 is 17.7 Å². The number of methoxy groups -OCH3 is 1. The summed E-state index contributed by atoms with van der Waals surface area (Å²) in [6.07, 6.45) is 1.01. The monoisotopic (exact) mass is 359 g/mol. The molecule has 1 aromatic carbocycles. The number of thioether (sulfide) groups is 1. The van der Waals surface area contributed by atoms with E-state index in [-0.39, 0.29) is 23.9 Å². The zero-order valence-electron chi connectivity index (χ0n) is 14.3. The van der Waals surface area contributed by atoms with Gasteiger partial charge in [-0.1, -0.05) is 30.8 Å². The summed E-state index contributed by atoms with van der Waals surface area (Å²) in [6, 6.07) is 9.00. The molecule has 0 saturated carbocycles. The van der Waals surface area contributed by atoms with Crippen molar-refractivity contribution in [3.05, 3.63) is 51.9 Å². The Bertz CT molecular complexity index is 835. The number of hydrogen-bond acceptors (Lipinski definition) is 5. The van der Waals surface area contributed by atoms with Crippen LogP contribution in [0.5, 0.6) is 5.75 Å². The van der Waals surface area contributed by atoms with Crippen molar-refractivity contribution in [2.75, 3.05) is 12.9 Å². The van der Waals surface area contributed by atoms with Gasteiger partial charge in [0.15, 0.2) is 5.16 Å². The van der Waals surface area contributed by atoms with E-state index in [1.807, 2.05) is 31.2 Å². The number of rotatable bonds is 6. The minimum atomic E-state index is -0.142. The zero-order chi connectivity index (χ0) is 17.8. The first kappa shape index (κ1) is 17.5. The van der Waals surface area contributed by atoms with E-state index >= 15 is 0 Å². The van der Waals surface area contributed by atoms with Crippen LogP contribution >= 0.6 is 11.8 Å². The van der Waals surface area contributed by atoms with E-state index in [0.29, 0.717) is 12.3 Å². The van der Waals surface area contributed by atoms with Crippen LogP contribution in [0.3, 0.4) is 0 Å². The number of benzene rings is 1. The highest BCUT2D eigenvalue weighted by Gasteiger charge is 2.27. The molecule has 1 amide bonds. The van der Waals surface area contributed by atoms with Gasteiger partial charge in [0.1, 0.15) is 5.75 Å². The zero-order valence-corrected chi connectivity index (χ0v) is 15.1. The van der Waals surface area contributed by atoms with E-state index in [0.717, 1.165) is 28.6 Å². The van der Waals surface area contributed by atoms with Crippen LogP contribution in [0, 0.1) is 0 Å². The van der Waals surface area contributed by atoms with Crippen LogP contribution in [-0.2, 0) is 17.8 Å². The van der Waals surface area contributed by atoms with E-state index < -0.39 is 0 Å². The Hall–Kier alpha value is -2.28. The molecule has 2 aromatic rings. The average Bonchev–Trinajstić information content (AvgIpc) is 3.03. The molecule has 1 aliphatic heterocycles. The lowest BCUT2D eigenvalue weighted by Gasteiger charge is -2.13. The van der Waals surface area contributed by atoms with Crippen LogP contribution in [0.2, 0.25) is 0 Å². The SMILES string of the molecule is CCc1cc(=O)n2c(n1)SCC2CC(=O)NCc1cccc(OC)c1. The lowest BCUT2D eigenvalue weighted by atomic mass is 10.2. The molecular formula is C18H21N3O3S. The highest BCUT2D eigenvalue weighted by atomic mass is 32.2. The first-order valence-corrected chi connectivity index (χ1v) is 9.24. The van der Waals surface area contributed by atoms with Gasteiger partial charge in [-0.25, -0.2) is 4.98 Å². The third kappa shape index (κ3) is 4.04. The van der Waals surface area contributed by atoms with Gasteiger partial charge in [-0.05, 0) is 24.1 Å². The summed E-state index contributed by atoms with van der Waals surface area (Å²) in [5, 5.41) is 3.63. The van der Waals surface area contributed by atoms with E-state index in [1.54, 1.807) is 17.7 Å². The second-order valence-corrected chi connectivity index (χ2v) is 6.88. The third-order valence-electron chi connectivity index (χ3n) is 4.15. The fourth-order valence-electron chi connectivity index (χ4n) is 2.80. The molecule has 1 N–H and O–H groups in total. The summed E-state index contributed by atoms with van der Waals surface area (Å²) in [7, 11) is 1.61. The summed E-state index contributed by atoms with van der Waals surface area (Å²) in [6.45, 7) is 2.41. The van der Waals surface area contributed by atoms with Crippen molar-refractivity contribution in [1.29, 1.82) is 0 Å². The van der Waals surface area contributed by atoms with Crippen LogP contribution in [-0.4, -0.2) is 28.3 Å². The summed E-state index contributed by atoms with van der Waals surface area (Å²) < 4.78 is 6.83. The first-order chi connectivity index (χ1) is 12.1. The fourth-order valence-corrected chi connectivity index (χ4v) is 3.97. The average molecular weight is 359 g/mol. The number of hydrogen-bond donors (Lipinski definition) is 1. The number of ether oxygens (including phenoxy) is 1. The van der Waals surface area contributed by atoms with Gasteiger partial charge in [-0.2, -0.15) is 0 Å². The van der Waals surface area contributed by atoms with Gasteiger partial charge in [0.2, 0.25) is 5.91 Å². The summed E-state index contributed by atoms with van der Waals surface area (Å²) >= 11 is 1.54. The fraction of sp³-hybridized carbons (Fsp3) is 0.389. The minimum Gasteiger partial charge on any atom is -0.497 e. The Morgan fingerprint density at radius 2 is 2.28 bits per heavy atom. The molecule has 3 rings (SSSR count). The van der Waals surface area contributed by atoms with Crippen molar-refractivity contribution in [1.82, 2.24) is 14.9 Å². The van der Waals surface area contributed by atoms with E-state index in [4.69, 9.17) is 4.74 Å². The van der Waals surface area contributed by atoms with Gasteiger partial charge in [0, 0.05) is 30.5 Å². The molecule has 132 valence electrons. The Morgan fingerprint density at radius 1 is 1.44 bits per heavy atom. The molecule has 0 bridgehead atoms. The number of nitrogens with one attached hydrogen (secondary N) is 1. The molecule has 0 saturated heterocycles. The van der Waals surface area contributed by atoms with Crippen LogP contribution in [0.25, 0.3) is 0 Å². The molecule has 1 aromatic heterocycles. The molecule has 0 radical (unpaired) electrons. The Labute approximate surface area is 150 Å².